The molecule has 0 bridgehead atoms. The highest BCUT2D eigenvalue weighted by Gasteiger charge is 2.09. The summed E-state index contributed by atoms with van der Waals surface area (Å²) in [6.45, 7) is 0.682. The van der Waals surface area contributed by atoms with Crippen LogP contribution in [0.5, 0.6) is 11.5 Å². The van der Waals surface area contributed by atoms with Crippen LogP contribution < -0.4 is 9.47 Å². The third kappa shape index (κ3) is 2.55. The van der Waals surface area contributed by atoms with E-state index in [2.05, 4.69) is 4.57 Å². The number of aldehydes is 1. The molecule has 3 aromatic rings. The van der Waals surface area contributed by atoms with Crippen molar-refractivity contribution in [3.8, 4) is 11.5 Å². The van der Waals surface area contributed by atoms with Gasteiger partial charge in [-0.2, -0.15) is 0 Å². The summed E-state index contributed by atoms with van der Waals surface area (Å²) in [5.41, 5.74) is 2.81. The number of nitrogens with zero attached hydrogens (tertiary/aromatic N) is 1. The average Bonchev–Trinajstić information content (AvgIpc) is 2.92. The Hall–Kier alpha value is -2.75. The molecule has 0 N–H and O–H groups in total. The molecule has 0 saturated heterocycles. The average molecular weight is 295 g/mol. The monoisotopic (exact) mass is 295 g/mol. The number of fused-ring (bicyclic) bond motifs is 1. The Morgan fingerprint density at radius 2 is 1.68 bits per heavy atom. The maximum atomic E-state index is 11.3. The first-order valence-corrected chi connectivity index (χ1v) is 7.00. The summed E-state index contributed by atoms with van der Waals surface area (Å²) in [7, 11) is 3.29. The number of aromatic nitrogens is 1. The molecule has 0 saturated carbocycles. The second kappa shape index (κ2) is 5.93. The van der Waals surface area contributed by atoms with Crippen LogP contribution in [0.1, 0.15) is 15.9 Å². The molecular weight excluding hydrogens is 278 g/mol. The van der Waals surface area contributed by atoms with Crippen LogP contribution in [0.4, 0.5) is 0 Å². The summed E-state index contributed by atoms with van der Waals surface area (Å²) in [4.78, 5) is 11.3. The number of hydrogen-bond acceptors (Lipinski definition) is 3. The molecule has 2 aromatic carbocycles. The summed E-state index contributed by atoms with van der Waals surface area (Å²) in [6, 6.07) is 13.6. The summed E-state index contributed by atoms with van der Waals surface area (Å²) < 4.78 is 12.5. The minimum absolute atomic E-state index is 0.682. The van der Waals surface area contributed by atoms with E-state index in [4.69, 9.17) is 9.47 Å². The Labute approximate surface area is 128 Å². The highest BCUT2D eigenvalue weighted by Crippen LogP contribution is 2.26. The van der Waals surface area contributed by atoms with E-state index in [-0.39, 0.29) is 0 Å². The number of carbonyl (C=O) groups excluding carboxylic acids is 1. The van der Waals surface area contributed by atoms with Gasteiger partial charge in [0.2, 0.25) is 0 Å². The van der Waals surface area contributed by atoms with Crippen molar-refractivity contribution in [2.75, 3.05) is 14.2 Å². The summed E-state index contributed by atoms with van der Waals surface area (Å²) >= 11 is 0. The van der Waals surface area contributed by atoms with Crippen molar-refractivity contribution in [1.29, 1.82) is 0 Å². The highest BCUT2D eigenvalue weighted by molar-refractivity contribution is 5.98. The van der Waals surface area contributed by atoms with Gasteiger partial charge >= 0.3 is 0 Å². The largest absolute Gasteiger partial charge is 0.497 e. The molecule has 0 aliphatic rings. The van der Waals surface area contributed by atoms with Crippen molar-refractivity contribution in [3.05, 3.63) is 59.8 Å². The molecule has 0 aliphatic heterocycles. The van der Waals surface area contributed by atoms with E-state index in [1.807, 2.05) is 48.7 Å². The first kappa shape index (κ1) is 14.2. The van der Waals surface area contributed by atoms with Gasteiger partial charge in [0.25, 0.3) is 0 Å². The number of methoxy groups -OCH3 is 2. The van der Waals surface area contributed by atoms with E-state index >= 15 is 0 Å². The molecule has 4 nitrogen and oxygen atoms in total. The Bertz CT molecular complexity index is 803. The fourth-order valence-corrected chi connectivity index (χ4v) is 2.58. The first-order valence-electron chi connectivity index (χ1n) is 7.00. The van der Waals surface area contributed by atoms with E-state index < -0.39 is 0 Å². The van der Waals surface area contributed by atoms with Gasteiger partial charge < -0.3 is 14.0 Å². The molecule has 0 amide bonds. The van der Waals surface area contributed by atoms with Gasteiger partial charge in [-0.15, -0.1) is 0 Å². The Morgan fingerprint density at radius 1 is 1.00 bits per heavy atom. The van der Waals surface area contributed by atoms with Gasteiger partial charge in [-0.3, -0.25) is 4.79 Å². The van der Waals surface area contributed by atoms with Crippen molar-refractivity contribution < 1.29 is 14.3 Å². The number of ether oxygens (including phenoxy) is 2. The summed E-state index contributed by atoms with van der Waals surface area (Å²) in [6.07, 6.45) is 2.76. The van der Waals surface area contributed by atoms with Crippen LogP contribution in [-0.2, 0) is 6.54 Å². The predicted molar refractivity (Wildman–Crippen MR) is 86.0 cm³/mol. The topological polar surface area (TPSA) is 40.5 Å². The molecule has 0 unspecified atom stereocenters. The van der Waals surface area contributed by atoms with Crippen LogP contribution in [0, 0.1) is 0 Å². The van der Waals surface area contributed by atoms with Crippen LogP contribution in [0.25, 0.3) is 10.9 Å². The molecule has 0 radical (unpaired) electrons. The highest BCUT2D eigenvalue weighted by atomic mass is 16.5. The number of hydrogen-bond donors (Lipinski definition) is 0. The molecule has 4 heteroatoms. The SMILES string of the molecule is COc1ccc(Cn2cc(C=O)c3ccc(OC)cc32)cc1. The van der Waals surface area contributed by atoms with Crippen molar-refractivity contribution in [2.45, 2.75) is 6.54 Å². The zero-order valence-corrected chi connectivity index (χ0v) is 12.6. The van der Waals surface area contributed by atoms with E-state index in [9.17, 15) is 4.79 Å². The van der Waals surface area contributed by atoms with Crippen molar-refractivity contribution in [1.82, 2.24) is 4.57 Å². The lowest BCUT2D eigenvalue weighted by Gasteiger charge is -2.08. The van der Waals surface area contributed by atoms with E-state index in [1.165, 1.54) is 0 Å². The molecule has 3 rings (SSSR count). The number of carbonyl (C=O) groups is 1. The standard InChI is InChI=1S/C18H17NO3/c1-21-15-5-3-13(4-6-15)10-19-11-14(12-20)17-8-7-16(22-2)9-18(17)19/h3-9,11-12H,10H2,1-2H3. The first-order chi connectivity index (χ1) is 10.7. The van der Waals surface area contributed by atoms with Crippen molar-refractivity contribution in [2.24, 2.45) is 0 Å². The van der Waals surface area contributed by atoms with Gasteiger partial charge in [0.15, 0.2) is 6.29 Å². The minimum atomic E-state index is 0.682. The second-order valence-electron chi connectivity index (χ2n) is 5.06. The van der Waals surface area contributed by atoms with Gasteiger partial charge in [0.1, 0.15) is 11.5 Å². The van der Waals surface area contributed by atoms with Crippen LogP contribution in [0.15, 0.2) is 48.7 Å². The lowest BCUT2D eigenvalue weighted by Crippen LogP contribution is -1.98. The number of rotatable bonds is 5. The van der Waals surface area contributed by atoms with Crippen LogP contribution >= 0.6 is 0 Å². The van der Waals surface area contributed by atoms with Gasteiger partial charge in [-0.1, -0.05) is 12.1 Å². The van der Waals surface area contributed by atoms with Crippen LogP contribution in [0.2, 0.25) is 0 Å². The van der Waals surface area contributed by atoms with Gasteiger partial charge in [0.05, 0.1) is 19.7 Å². The Morgan fingerprint density at radius 3 is 2.32 bits per heavy atom. The lowest BCUT2D eigenvalue weighted by atomic mass is 10.2. The summed E-state index contributed by atoms with van der Waals surface area (Å²) in [5.74, 6) is 1.61. The van der Waals surface area contributed by atoms with E-state index in [1.54, 1.807) is 14.2 Å². The van der Waals surface area contributed by atoms with Crippen molar-refractivity contribution >= 4 is 17.2 Å². The molecule has 0 atom stereocenters. The van der Waals surface area contributed by atoms with E-state index in [0.29, 0.717) is 12.1 Å². The molecule has 0 fully saturated rings. The molecular formula is C18H17NO3. The molecule has 1 aromatic heterocycles. The normalized spacial score (nSPS) is 10.6. The zero-order chi connectivity index (χ0) is 15.5. The Kier molecular flexibility index (Phi) is 3.83. The van der Waals surface area contributed by atoms with E-state index in [0.717, 1.165) is 34.3 Å². The maximum Gasteiger partial charge on any atom is 0.152 e. The molecule has 1 heterocycles. The predicted octanol–water partition coefficient (Wildman–Crippen LogP) is 3.52. The quantitative estimate of drug-likeness (QED) is 0.676. The maximum absolute atomic E-state index is 11.3. The smallest absolute Gasteiger partial charge is 0.152 e. The molecule has 0 aliphatic carbocycles. The molecule has 112 valence electrons. The third-order valence-corrected chi connectivity index (χ3v) is 3.76. The van der Waals surface area contributed by atoms with Crippen LogP contribution in [0.3, 0.4) is 0 Å². The van der Waals surface area contributed by atoms with Gasteiger partial charge in [0, 0.05) is 29.8 Å². The fraction of sp³-hybridized carbons (Fsp3) is 0.167. The molecule has 0 spiro atoms. The Balaban J connectivity index is 2.02. The summed E-state index contributed by atoms with van der Waals surface area (Å²) in [5, 5.41) is 0.935. The van der Waals surface area contributed by atoms with Gasteiger partial charge in [-0.25, -0.2) is 0 Å². The van der Waals surface area contributed by atoms with Gasteiger partial charge in [-0.05, 0) is 29.8 Å². The minimum Gasteiger partial charge on any atom is -0.497 e. The fourth-order valence-electron chi connectivity index (χ4n) is 2.58. The van der Waals surface area contributed by atoms with Crippen LogP contribution in [-0.4, -0.2) is 25.1 Å². The third-order valence-electron chi connectivity index (χ3n) is 3.76. The number of benzene rings is 2. The van der Waals surface area contributed by atoms with Crippen molar-refractivity contribution in [3.63, 3.8) is 0 Å². The second-order valence-corrected chi connectivity index (χ2v) is 5.06. The zero-order valence-electron chi connectivity index (χ0n) is 12.6. The lowest BCUT2D eigenvalue weighted by molar-refractivity contribution is 0.112. The molecule has 22 heavy (non-hydrogen) atoms.